The molecule has 0 spiro atoms. The number of hydrogen-bond acceptors (Lipinski definition) is 6. The molecule has 1 aliphatic rings. The first-order chi connectivity index (χ1) is 14.5. The molecule has 30 heavy (non-hydrogen) atoms. The summed E-state index contributed by atoms with van der Waals surface area (Å²) in [5.74, 6) is 0.00571. The van der Waals surface area contributed by atoms with E-state index in [4.69, 9.17) is 4.74 Å². The number of nitrogens with zero attached hydrogens (tertiary/aromatic N) is 4. The van der Waals surface area contributed by atoms with E-state index in [1.165, 1.54) is 6.07 Å². The maximum atomic E-state index is 14.6. The average Bonchev–Trinajstić information content (AvgIpc) is 3.24. The first-order valence-electron chi connectivity index (χ1n) is 9.68. The summed E-state index contributed by atoms with van der Waals surface area (Å²) in [4.78, 5) is 27.1. The lowest BCUT2D eigenvalue weighted by Gasteiger charge is -2.18. The molecule has 0 saturated carbocycles. The van der Waals surface area contributed by atoms with Gasteiger partial charge in [-0.3, -0.25) is 0 Å². The van der Waals surface area contributed by atoms with E-state index in [1.807, 2.05) is 13.0 Å². The minimum atomic E-state index is -0.483. The summed E-state index contributed by atoms with van der Waals surface area (Å²) in [5, 5.41) is 6.34. The molecule has 0 aliphatic carbocycles. The van der Waals surface area contributed by atoms with Gasteiger partial charge in [-0.2, -0.15) is 4.98 Å². The summed E-state index contributed by atoms with van der Waals surface area (Å²) in [6, 6.07) is 4.61. The molecule has 1 aromatic carbocycles. The second kappa shape index (κ2) is 8.19. The van der Waals surface area contributed by atoms with E-state index >= 15 is 0 Å². The summed E-state index contributed by atoms with van der Waals surface area (Å²) in [6.07, 6.45) is 4.16. The van der Waals surface area contributed by atoms with E-state index in [9.17, 15) is 9.18 Å². The molecule has 8 nitrogen and oxygen atoms in total. The number of carbonyl (C=O) groups is 1. The van der Waals surface area contributed by atoms with Crippen LogP contribution >= 0.6 is 0 Å². The number of methoxy groups -OCH3 is 1. The van der Waals surface area contributed by atoms with Crippen molar-refractivity contribution < 1.29 is 13.9 Å². The number of benzene rings is 1. The minimum Gasteiger partial charge on any atom is -0.380 e. The summed E-state index contributed by atoms with van der Waals surface area (Å²) in [7, 11) is 3.37. The number of nitrogens with one attached hydrogen (secondary N) is 2. The molecule has 1 fully saturated rings. The fourth-order valence-corrected chi connectivity index (χ4v) is 3.57. The summed E-state index contributed by atoms with van der Waals surface area (Å²) in [6.45, 7) is 2.89. The van der Waals surface area contributed by atoms with Crippen LogP contribution in [0.15, 0.2) is 30.6 Å². The molecule has 1 aliphatic heterocycles. The SMILES string of the molecule is CNc1ncc2cc(-c3cc(NC(=O)N4CC[C@H](OC)C4)c(F)cc3C)cnc2n1. The van der Waals surface area contributed by atoms with Gasteiger partial charge in [-0.25, -0.2) is 19.2 Å². The average molecular weight is 410 g/mol. The predicted octanol–water partition coefficient (Wildman–Crippen LogP) is 3.43. The molecular formula is C21H23FN6O2. The Bertz CT molecular complexity index is 1110. The Morgan fingerprint density at radius 3 is 2.83 bits per heavy atom. The number of ether oxygens (including phenoxy) is 1. The van der Waals surface area contributed by atoms with Crippen LogP contribution in [0.2, 0.25) is 0 Å². The number of aromatic nitrogens is 3. The van der Waals surface area contributed by atoms with E-state index in [0.717, 1.165) is 28.5 Å². The van der Waals surface area contributed by atoms with Gasteiger partial charge in [0.15, 0.2) is 5.65 Å². The number of carbonyl (C=O) groups excluding carboxylic acids is 1. The van der Waals surface area contributed by atoms with Gasteiger partial charge in [0.05, 0.1) is 11.8 Å². The number of aryl methyl sites for hydroxylation is 1. The predicted molar refractivity (Wildman–Crippen MR) is 113 cm³/mol. The van der Waals surface area contributed by atoms with Crippen LogP contribution in [0.1, 0.15) is 12.0 Å². The van der Waals surface area contributed by atoms with Gasteiger partial charge in [-0.05, 0) is 42.7 Å². The Kier molecular flexibility index (Phi) is 5.45. The van der Waals surface area contributed by atoms with Gasteiger partial charge < -0.3 is 20.3 Å². The van der Waals surface area contributed by atoms with Gasteiger partial charge in [-0.15, -0.1) is 0 Å². The normalized spacial score (nSPS) is 16.1. The van der Waals surface area contributed by atoms with E-state index in [-0.39, 0.29) is 17.8 Å². The first kappa shape index (κ1) is 20.0. The van der Waals surface area contributed by atoms with Crippen LogP contribution in [-0.2, 0) is 4.74 Å². The fraction of sp³-hybridized carbons (Fsp3) is 0.333. The standard InChI is InChI=1S/C21H23FN6O2/c1-12-6-17(22)18(26-21(29)28-5-4-15(11-28)30-3)8-16(12)13-7-14-10-25-20(23-2)27-19(14)24-9-13/h6-10,15H,4-5,11H2,1-3H3,(H,26,29)(H,23,24,25,27)/t15-/m0/s1. The highest BCUT2D eigenvalue weighted by atomic mass is 19.1. The number of pyridine rings is 1. The molecule has 0 unspecified atom stereocenters. The molecule has 1 atom stereocenters. The number of amides is 2. The summed E-state index contributed by atoms with van der Waals surface area (Å²) < 4.78 is 19.9. The number of rotatable bonds is 4. The van der Waals surface area contributed by atoms with Crippen LogP contribution in [0.4, 0.5) is 20.8 Å². The van der Waals surface area contributed by atoms with Crippen molar-refractivity contribution in [3.05, 3.63) is 42.0 Å². The second-order valence-electron chi connectivity index (χ2n) is 7.25. The number of halogens is 1. The third kappa shape index (κ3) is 3.88. The molecule has 156 valence electrons. The third-order valence-corrected chi connectivity index (χ3v) is 5.29. The zero-order valence-electron chi connectivity index (χ0n) is 17.1. The quantitative estimate of drug-likeness (QED) is 0.685. The lowest BCUT2D eigenvalue weighted by atomic mass is 10.0. The largest absolute Gasteiger partial charge is 0.380 e. The van der Waals surface area contributed by atoms with Gasteiger partial charge in [0.25, 0.3) is 0 Å². The minimum absolute atomic E-state index is 0.0171. The molecular weight excluding hydrogens is 387 g/mol. The maximum Gasteiger partial charge on any atom is 0.322 e. The van der Waals surface area contributed by atoms with Crippen molar-refractivity contribution in [2.45, 2.75) is 19.4 Å². The Balaban J connectivity index is 1.63. The molecule has 9 heteroatoms. The van der Waals surface area contributed by atoms with E-state index in [1.54, 1.807) is 37.5 Å². The summed E-state index contributed by atoms with van der Waals surface area (Å²) in [5.41, 5.74) is 2.99. The van der Waals surface area contributed by atoms with Crippen molar-refractivity contribution >= 4 is 28.7 Å². The van der Waals surface area contributed by atoms with Crippen molar-refractivity contribution in [3.63, 3.8) is 0 Å². The van der Waals surface area contributed by atoms with Crippen LogP contribution in [0.25, 0.3) is 22.2 Å². The maximum absolute atomic E-state index is 14.6. The molecule has 3 heterocycles. The van der Waals surface area contributed by atoms with Gasteiger partial charge >= 0.3 is 6.03 Å². The van der Waals surface area contributed by atoms with Crippen LogP contribution in [0, 0.1) is 12.7 Å². The number of anilines is 2. The molecule has 3 aromatic rings. The molecule has 2 aromatic heterocycles. The molecule has 0 bridgehead atoms. The lowest BCUT2D eigenvalue weighted by Crippen LogP contribution is -2.34. The van der Waals surface area contributed by atoms with Crippen LogP contribution in [-0.4, -0.2) is 59.2 Å². The van der Waals surface area contributed by atoms with Crippen molar-refractivity contribution in [1.29, 1.82) is 0 Å². The molecule has 0 radical (unpaired) electrons. The number of fused-ring (bicyclic) bond motifs is 1. The van der Waals surface area contributed by atoms with E-state index in [0.29, 0.717) is 24.7 Å². The zero-order chi connectivity index (χ0) is 21.3. The Morgan fingerprint density at radius 1 is 1.27 bits per heavy atom. The van der Waals surface area contributed by atoms with Crippen molar-refractivity contribution in [3.8, 4) is 11.1 Å². The Morgan fingerprint density at radius 2 is 2.10 bits per heavy atom. The Labute approximate surface area is 173 Å². The molecule has 4 rings (SSSR count). The van der Waals surface area contributed by atoms with Crippen molar-refractivity contribution in [1.82, 2.24) is 19.9 Å². The van der Waals surface area contributed by atoms with Crippen molar-refractivity contribution in [2.75, 3.05) is 37.9 Å². The van der Waals surface area contributed by atoms with E-state index < -0.39 is 5.82 Å². The molecule has 2 N–H and O–H groups in total. The topological polar surface area (TPSA) is 92.3 Å². The van der Waals surface area contributed by atoms with Gasteiger partial charge in [0.1, 0.15) is 5.82 Å². The molecule has 1 saturated heterocycles. The first-order valence-corrected chi connectivity index (χ1v) is 9.68. The van der Waals surface area contributed by atoms with Crippen LogP contribution in [0.5, 0.6) is 0 Å². The highest BCUT2D eigenvalue weighted by molar-refractivity contribution is 5.91. The number of urea groups is 1. The van der Waals surface area contributed by atoms with E-state index in [2.05, 4.69) is 25.6 Å². The van der Waals surface area contributed by atoms with Crippen molar-refractivity contribution in [2.24, 2.45) is 0 Å². The third-order valence-electron chi connectivity index (χ3n) is 5.29. The monoisotopic (exact) mass is 410 g/mol. The Hall–Kier alpha value is -3.33. The summed E-state index contributed by atoms with van der Waals surface area (Å²) >= 11 is 0. The lowest BCUT2D eigenvalue weighted by molar-refractivity contribution is 0.111. The number of hydrogen-bond donors (Lipinski definition) is 2. The smallest absolute Gasteiger partial charge is 0.322 e. The van der Waals surface area contributed by atoms with Crippen LogP contribution in [0.3, 0.4) is 0 Å². The zero-order valence-corrected chi connectivity index (χ0v) is 17.1. The van der Waals surface area contributed by atoms with Gasteiger partial charge in [0, 0.05) is 50.6 Å². The second-order valence-corrected chi connectivity index (χ2v) is 7.25. The molecule has 2 amide bonds. The van der Waals surface area contributed by atoms with Gasteiger partial charge in [-0.1, -0.05) is 0 Å². The highest BCUT2D eigenvalue weighted by Crippen LogP contribution is 2.30. The fourth-order valence-electron chi connectivity index (χ4n) is 3.57. The van der Waals surface area contributed by atoms with Crippen LogP contribution < -0.4 is 10.6 Å². The van der Waals surface area contributed by atoms with Gasteiger partial charge in [0.2, 0.25) is 5.95 Å². The number of likely N-dealkylation sites (tertiary alicyclic amines) is 1. The highest BCUT2D eigenvalue weighted by Gasteiger charge is 2.26.